The van der Waals surface area contributed by atoms with Gasteiger partial charge in [0.2, 0.25) is 11.8 Å². The van der Waals surface area contributed by atoms with Crippen molar-refractivity contribution in [1.82, 2.24) is 19.0 Å². The Morgan fingerprint density at radius 1 is 0.975 bits per heavy atom. The third-order valence-corrected chi connectivity index (χ3v) is 9.92. The Hall–Kier alpha value is -2.79. The SMILES string of the molecule is COc1ccc(Cl)cc1S(=O)(=O)N1CC(N2CCCC2)C(=O)N2C1=CN(C(C)C)C(=O)C2Cc1ccc(Cl)cc1. The molecule has 2 amide bonds. The van der Waals surface area contributed by atoms with Crippen LogP contribution in [-0.4, -0.2) is 84.1 Å². The quantitative estimate of drug-likeness (QED) is 0.474. The molecule has 2 fully saturated rings. The predicted molar refractivity (Wildman–Crippen MR) is 152 cm³/mol. The monoisotopic (exact) mass is 606 g/mol. The third-order valence-electron chi connectivity index (χ3n) is 7.64. The molecule has 9 nitrogen and oxygen atoms in total. The van der Waals surface area contributed by atoms with Gasteiger partial charge in [0.1, 0.15) is 28.5 Å². The number of hydrogen-bond acceptors (Lipinski definition) is 6. The highest BCUT2D eigenvalue weighted by Crippen LogP contribution is 2.38. The summed E-state index contributed by atoms with van der Waals surface area (Å²) in [6.07, 6.45) is 3.51. The molecule has 12 heteroatoms. The highest BCUT2D eigenvalue weighted by Gasteiger charge is 2.52. The van der Waals surface area contributed by atoms with Crippen LogP contribution in [0.15, 0.2) is 59.4 Å². The maximum atomic E-state index is 14.4. The number of fused-ring (bicyclic) bond motifs is 1. The Bertz CT molecular complexity index is 1440. The molecule has 2 saturated heterocycles. The van der Waals surface area contributed by atoms with E-state index < -0.39 is 22.1 Å². The summed E-state index contributed by atoms with van der Waals surface area (Å²) < 4.78 is 35.4. The van der Waals surface area contributed by atoms with Gasteiger partial charge in [0, 0.05) is 28.7 Å². The Labute approximate surface area is 244 Å². The van der Waals surface area contributed by atoms with Crippen molar-refractivity contribution >= 4 is 45.0 Å². The highest BCUT2D eigenvalue weighted by atomic mass is 35.5. The Morgan fingerprint density at radius 2 is 1.62 bits per heavy atom. The fourth-order valence-corrected chi connectivity index (χ4v) is 7.58. The van der Waals surface area contributed by atoms with E-state index in [1.165, 1.54) is 39.5 Å². The number of likely N-dealkylation sites (tertiary alicyclic amines) is 1. The van der Waals surface area contributed by atoms with Gasteiger partial charge in [-0.25, -0.2) is 12.7 Å². The average molecular weight is 608 g/mol. The summed E-state index contributed by atoms with van der Waals surface area (Å²) >= 11 is 12.3. The van der Waals surface area contributed by atoms with Crippen LogP contribution in [0.25, 0.3) is 0 Å². The number of benzene rings is 2. The fraction of sp³-hybridized carbons (Fsp3) is 0.429. The lowest BCUT2D eigenvalue weighted by Gasteiger charge is -2.50. The van der Waals surface area contributed by atoms with Crippen molar-refractivity contribution < 1.29 is 22.7 Å². The van der Waals surface area contributed by atoms with Crippen molar-refractivity contribution in [1.29, 1.82) is 0 Å². The summed E-state index contributed by atoms with van der Waals surface area (Å²) in [5.74, 6) is -0.290. The summed E-state index contributed by atoms with van der Waals surface area (Å²) in [5.41, 5.74) is 0.801. The lowest BCUT2D eigenvalue weighted by Crippen LogP contribution is -2.67. The molecule has 0 radical (unpaired) electrons. The summed E-state index contributed by atoms with van der Waals surface area (Å²) in [6.45, 7) is 4.95. The van der Waals surface area contributed by atoms with Gasteiger partial charge < -0.3 is 9.64 Å². The minimum atomic E-state index is -4.27. The first-order valence-corrected chi connectivity index (χ1v) is 15.4. The number of methoxy groups -OCH3 is 1. The average Bonchev–Trinajstić information content (AvgIpc) is 3.46. The van der Waals surface area contributed by atoms with Crippen LogP contribution in [0.2, 0.25) is 10.0 Å². The zero-order chi connectivity index (χ0) is 28.8. The second kappa shape index (κ2) is 11.2. The molecule has 3 aliphatic heterocycles. The Balaban J connectivity index is 1.67. The zero-order valence-electron chi connectivity index (χ0n) is 22.6. The number of rotatable bonds is 7. The topological polar surface area (TPSA) is 90.5 Å². The summed E-state index contributed by atoms with van der Waals surface area (Å²) in [4.78, 5) is 32.9. The molecular formula is C28H32Cl2N4O5S. The predicted octanol–water partition coefficient (Wildman–Crippen LogP) is 3.96. The van der Waals surface area contributed by atoms with E-state index in [9.17, 15) is 18.0 Å². The molecular weight excluding hydrogens is 575 g/mol. The number of nitrogens with zero attached hydrogens (tertiary/aromatic N) is 4. The summed E-state index contributed by atoms with van der Waals surface area (Å²) in [6, 6.07) is 9.53. The number of ether oxygens (including phenoxy) is 1. The first-order valence-electron chi connectivity index (χ1n) is 13.2. The van der Waals surface area contributed by atoms with Crippen LogP contribution in [0, 0.1) is 0 Å². The van der Waals surface area contributed by atoms with Gasteiger partial charge in [-0.3, -0.25) is 19.4 Å². The van der Waals surface area contributed by atoms with E-state index in [0.29, 0.717) is 18.1 Å². The summed E-state index contributed by atoms with van der Waals surface area (Å²) in [7, 11) is -2.88. The number of hydrogen-bond donors (Lipinski definition) is 0. The van der Waals surface area contributed by atoms with Crippen LogP contribution in [0.1, 0.15) is 32.3 Å². The zero-order valence-corrected chi connectivity index (χ0v) is 24.9. The van der Waals surface area contributed by atoms with Crippen LogP contribution >= 0.6 is 23.2 Å². The van der Waals surface area contributed by atoms with Gasteiger partial charge in [-0.15, -0.1) is 0 Å². The number of halogens is 2. The standard InChI is InChI=1S/C28H32Cl2N4O5S/c1-18(2)32-17-26-33(40(37,38)25-15-21(30)10-11-24(25)39-3)16-23(31-12-4-5-13-31)28(36)34(26)22(27(32)35)14-19-6-8-20(29)9-7-19/h6-11,15,17-18,22-23H,4-5,12-14,16H2,1-3H3. The molecule has 3 heterocycles. The molecule has 0 saturated carbocycles. The van der Waals surface area contributed by atoms with E-state index in [4.69, 9.17) is 27.9 Å². The van der Waals surface area contributed by atoms with Crippen LogP contribution in [0.3, 0.4) is 0 Å². The first kappa shape index (κ1) is 28.7. The van der Waals surface area contributed by atoms with Crippen molar-refractivity contribution in [3.8, 4) is 5.75 Å². The fourth-order valence-electron chi connectivity index (χ4n) is 5.58. The molecule has 2 unspecified atom stereocenters. The molecule has 214 valence electrons. The molecule has 0 aromatic heterocycles. The molecule has 3 aliphatic rings. The molecule has 40 heavy (non-hydrogen) atoms. The number of carbonyl (C=O) groups is 2. The van der Waals surface area contributed by atoms with Gasteiger partial charge in [-0.05, 0) is 75.7 Å². The van der Waals surface area contributed by atoms with E-state index >= 15 is 0 Å². The van der Waals surface area contributed by atoms with Crippen molar-refractivity contribution in [2.24, 2.45) is 0 Å². The molecule has 0 N–H and O–H groups in total. The van der Waals surface area contributed by atoms with E-state index in [0.717, 1.165) is 18.4 Å². The maximum absolute atomic E-state index is 14.4. The van der Waals surface area contributed by atoms with E-state index in [2.05, 4.69) is 0 Å². The van der Waals surface area contributed by atoms with E-state index in [1.807, 2.05) is 30.9 Å². The maximum Gasteiger partial charge on any atom is 0.269 e. The lowest BCUT2D eigenvalue weighted by molar-refractivity contribution is -0.152. The number of sulfonamides is 1. The molecule has 0 bridgehead atoms. The van der Waals surface area contributed by atoms with E-state index in [-0.39, 0.29) is 52.3 Å². The second-order valence-corrected chi connectivity index (χ2v) is 13.2. The second-order valence-electron chi connectivity index (χ2n) is 10.5. The van der Waals surface area contributed by atoms with Gasteiger partial charge >= 0.3 is 0 Å². The lowest BCUT2D eigenvalue weighted by atomic mass is 9.98. The van der Waals surface area contributed by atoms with Gasteiger partial charge in [-0.1, -0.05) is 35.3 Å². The van der Waals surface area contributed by atoms with Gasteiger partial charge in [0.05, 0.1) is 13.7 Å². The molecule has 2 aromatic rings. The van der Waals surface area contributed by atoms with Crippen molar-refractivity contribution in [3.05, 3.63) is 70.1 Å². The molecule has 2 atom stereocenters. The van der Waals surface area contributed by atoms with Crippen LogP contribution in [-0.2, 0) is 26.0 Å². The first-order chi connectivity index (χ1) is 19.0. The van der Waals surface area contributed by atoms with Crippen LogP contribution in [0.5, 0.6) is 5.75 Å². The van der Waals surface area contributed by atoms with Crippen molar-refractivity contribution in [2.45, 2.75) is 56.1 Å². The van der Waals surface area contributed by atoms with Gasteiger partial charge in [0.25, 0.3) is 10.0 Å². The van der Waals surface area contributed by atoms with Crippen LogP contribution < -0.4 is 4.74 Å². The van der Waals surface area contributed by atoms with Crippen LogP contribution in [0.4, 0.5) is 0 Å². The Morgan fingerprint density at radius 3 is 2.25 bits per heavy atom. The van der Waals surface area contributed by atoms with E-state index in [1.54, 1.807) is 18.2 Å². The highest BCUT2D eigenvalue weighted by molar-refractivity contribution is 7.89. The number of carbonyl (C=O) groups excluding carboxylic acids is 2. The smallest absolute Gasteiger partial charge is 0.269 e. The molecule has 0 aliphatic carbocycles. The normalized spacial score (nSPS) is 22.1. The largest absolute Gasteiger partial charge is 0.495 e. The van der Waals surface area contributed by atoms with Crippen molar-refractivity contribution in [2.75, 3.05) is 26.7 Å². The third kappa shape index (κ3) is 5.18. The molecule has 2 aromatic carbocycles. The minimum absolute atomic E-state index is 0.0903. The molecule has 5 rings (SSSR count). The molecule has 0 spiro atoms. The Kier molecular flexibility index (Phi) is 8.07. The van der Waals surface area contributed by atoms with Crippen molar-refractivity contribution in [3.63, 3.8) is 0 Å². The van der Waals surface area contributed by atoms with Gasteiger partial charge in [0.15, 0.2) is 0 Å². The summed E-state index contributed by atoms with van der Waals surface area (Å²) in [5, 5.41) is 0.789. The van der Waals surface area contributed by atoms with Gasteiger partial charge in [-0.2, -0.15) is 0 Å². The minimum Gasteiger partial charge on any atom is -0.495 e. The number of amides is 2.